The molecule has 0 radical (unpaired) electrons. The lowest BCUT2D eigenvalue weighted by Crippen LogP contribution is -2.14. The summed E-state index contributed by atoms with van der Waals surface area (Å²) in [6.07, 6.45) is 9.23. The maximum absolute atomic E-state index is 6.68. The van der Waals surface area contributed by atoms with Crippen LogP contribution in [0, 0.1) is 11.8 Å². The Labute approximate surface area is 275 Å². The Hall–Kier alpha value is -5.40. The van der Waals surface area contributed by atoms with Gasteiger partial charge in [-0.15, -0.1) is 0 Å². The normalized spacial score (nSPS) is 16.5. The predicted molar refractivity (Wildman–Crippen MR) is 201 cm³/mol. The van der Waals surface area contributed by atoms with Crippen LogP contribution in [-0.2, 0) is 12.8 Å². The van der Waals surface area contributed by atoms with Crippen molar-refractivity contribution >= 4 is 59.8 Å². The SMILES string of the molecule is CCc1ccc2c(c1)cc(C1=CC(Cc3c4ccccc4c(-c4ccccc4)c4ccccc34)C(C)C=C1)c1oc3ccccc3c12. The van der Waals surface area contributed by atoms with E-state index < -0.39 is 0 Å². The van der Waals surface area contributed by atoms with Crippen LogP contribution in [0.1, 0.15) is 30.5 Å². The summed E-state index contributed by atoms with van der Waals surface area (Å²) in [5, 5.41) is 10.3. The van der Waals surface area contributed by atoms with E-state index in [1.54, 1.807) is 0 Å². The Morgan fingerprint density at radius 2 is 1.30 bits per heavy atom. The van der Waals surface area contributed by atoms with Crippen molar-refractivity contribution in [1.82, 2.24) is 0 Å². The van der Waals surface area contributed by atoms with E-state index in [2.05, 4.69) is 159 Å². The second-order valence-corrected chi connectivity index (χ2v) is 13.2. The Kier molecular flexibility index (Phi) is 6.61. The molecule has 1 aliphatic rings. The van der Waals surface area contributed by atoms with Gasteiger partial charge in [-0.3, -0.25) is 0 Å². The molecule has 0 spiro atoms. The molecule has 1 heterocycles. The molecule has 8 aromatic rings. The first-order valence-electron chi connectivity index (χ1n) is 16.9. The average molecular weight is 605 g/mol. The van der Waals surface area contributed by atoms with Gasteiger partial charge >= 0.3 is 0 Å². The molecule has 1 aliphatic carbocycles. The Balaban J connectivity index is 1.24. The molecule has 0 N–H and O–H groups in total. The quantitative estimate of drug-likeness (QED) is 0.178. The monoisotopic (exact) mass is 604 g/mol. The number of aryl methyl sites for hydroxylation is 1. The number of hydrogen-bond acceptors (Lipinski definition) is 1. The van der Waals surface area contributed by atoms with Crippen LogP contribution < -0.4 is 0 Å². The summed E-state index contributed by atoms with van der Waals surface area (Å²) in [6.45, 7) is 4.59. The van der Waals surface area contributed by atoms with Gasteiger partial charge in [-0.25, -0.2) is 0 Å². The summed E-state index contributed by atoms with van der Waals surface area (Å²) in [4.78, 5) is 0. The highest BCUT2D eigenvalue weighted by Gasteiger charge is 2.24. The molecule has 0 fully saturated rings. The zero-order valence-corrected chi connectivity index (χ0v) is 26.8. The van der Waals surface area contributed by atoms with E-state index in [1.807, 2.05) is 0 Å². The van der Waals surface area contributed by atoms with Crippen LogP contribution in [0.4, 0.5) is 0 Å². The molecule has 1 heteroatoms. The van der Waals surface area contributed by atoms with Crippen LogP contribution >= 0.6 is 0 Å². The molecule has 2 atom stereocenters. The molecule has 7 aromatic carbocycles. The standard InChI is InChI=1S/C46H36O/c1-3-30-22-24-35-34(25-30)28-41(46-45(35)40-19-11-12-20-43(40)47-46)32-23-21-29(2)33(26-32)27-42-36-15-7-9-17-38(36)44(31-13-5-4-6-14-31)39-18-10-8-16-37(39)42/h4-26,28-29,33H,3,27H2,1-2H3. The van der Waals surface area contributed by atoms with E-state index in [-0.39, 0.29) is 0 Å². The van der Waals surface area contributed by atoms with Gasteiger partial charge in [-0.2, -0.15) is 0 Å². The molecule has 0 saturated carbocycles. The van der Waals surface area contributed by atoms with E-state index >= 15 is 0 Å². The highest BCUT2D eigenvalue weighted by molar-refractivity contribution is 6.21. The van der Waals surface area contributed by atoms with Gasteiger partial charge < -0.3 is 4.42 Å². The van der Waals surface area contributed by atoms with Gasteiger partial charge in [-0.1, -0.05) is 147 Å². The predicted octanol–water partition coefficient (Wildman–Crippen LogP) is 12.7. The molecule has 0 bridgehead atoms. The molecule has 0 saturated heterocycles. The van der Waals surface area contributed by atoms with Gasteiger partial charge in [0.2, 0.25) is 0 Å². The summed E-state index contributed by atoms with van der Waals surface area (Å²) in [6, 6.07) is 46.6. The van der Waals surface area contributed by atoms with Crippen molar-refractivity contribution in [3.63, 3.8) is 0 Å². The summed E-state index contributed by atoms with van der Waals surface area (Å²) in [7, 11) is 0. The summed E-state index contributed by atoms with van der Waals surface area (Å²) < 4.78 is 6.68. The molecule has 9 rings (SSSR count). The van der Waals surface area contributed by atoms with Crippen LogP contribution in [0.15, 0.2) is 150 Å². The number of benzene rings is 7. The fourth-order valence-electron chi connectivity index (χ4n) is 7.97. The first-order chi connectivity index (χ1) is 23.2. The van der Waals surface area contributed by atoms with E-state index in [1.165, 1.54) is 76.5 Å². The summed E-state index contributed by atoms with van der Waals surface area (Å²) >= 11 is 0. The number of fused-ring (bicyclic) bond motifs is 7. The van der Waals surface area contributed by atoms with Crippen LogP contribution in [-0.4, -0.2) is 0 Å². The third kappa shape index (κ3) is 4.53. The molecule has 226 valence electrons. The van der Waals surface area contributed by atoms with Crippen molar-refractivity contribution in [3.05, 3.63) is 162 Å². The smallest absolute Gasteiger partial charge is 0.143 e. The molecule has 0 aliphatic heterocycles. The van der Waals surface area contributed by atoms with Gasteiger partial charge in [-0.05, 0) is 97.0 Å². The van der Waals surface area contributed by atoms with Crippen molar-refractivity contribution < 1.29 is 4.42 Å². The largest absolute Gasteiger partial charge is 0.455 e. The van der Waals surface area contributed by atoms with Crippen LogP contribution in [0.3, 0.4) is 0 Å². The minimum Gasteiger partial charge on any atom is -0.455 e. The molecular formula is C46H36O. The number of allylic oxidation sites excluding steroid dienone is 4. The molecule has 1 nitrogen and oxygen atoms in total. The average Bonchev–Trinajstić information content (AvgIpc) is 3.52. The van der Waals surface area contributed by atoms with Gasteiger partial charge in [0.25, 0.3) is 0 Å². The van der Waals surface area contributed by atoms with E-state index in [9.17, 15) is 0 Å². The van der Waals surface area contributed by atoms with Crippen molar-refractivity contribution in [1.29, 1.82) is 0 Å². The fraction of sp³-hybridized carbons (Fsp3) is 0.130. The lowest BCUT2D eigenvalue weighted by atomic mass is 9.78. The van der Waals surface area contributed by atoms with E-state index in [4.69, 9.17) is 4.42 Å². The minimum atomic E-state index is 0.335. The maximum Gasteiger partial charge on any atom is 0.143 e. The lowest BCUT2D eigenvalue weighted by molar-refractivity contribution is 0.508. The zero-order valence-electron chi connectivity index (χ0n) is 26.8. The Morgan fingerprint density at radius 3 is 2.02 bits per heavy atom. The number of para-hydroxylation sites is 1. The highest BCUT2D eigenvalue weighted by atomic mass is 16.3. The molecule has 1 aromatic heterocycles. The van der Waals surface area contributed by atoms with Crippen molar-refractivity contribution in [2.24, 2.45) is 11.8 Å². The van der Waals surface area contributed by atoms with Gasteiger partial charge in [0.05, 0.1) is 0 Å². The second-order valence-electron chi connectivity index (χ2n) is 13.2. The zero-order chi connectivity index (χ0) is 31.5. The second kappa shape index (κ2) is 11.1. The molecule has 2 unspecified atom stereocenters. The summed E-state index contributed by atoms with van der Waals surface area (Å²) in [5.74, 6) is 0.741. The van der Waals surface area contributed by atoms with Gasteiger partial charge in [0.1, 0.15) is 11.2 Å². The Morgan fingerprint density at radius 1 is 0.638 bits per heavy atom. The third-order valence-corrected chi connectivity index (χ3v) is 10.4. The molecular weight excluding hydrogens is 569 g/mol. The third-order valence-electron chi connectivity index (χ3n) is 10.4. The van der Waals surface area contributed by atoms with Crippen molar-refractivity contribution in [3.8, 4) is 11.1 Å². The van der Waals surface area contributed by atoms with Crippen molar-refractivity contribution in [2.45, 2.75) is 26.7 Å². The van der Waals surface area contributed by atoms with Crippen LogP contribution in [0.5, 0.6) is 0 Å². The van der Waals surface area contributed by atoms with Gasteiger partial charge in [0, 0.05) is 16.3 Å². The fourth-order valence-corrected chi connectivity index (χ4v) is 7.97. The topological polar surface area (TPSA) is 13.1 Å². The summed E-state index contributed by atoms with van der Waals surface area (Å²) in [5.41, 5.74) is 9.72. The number of rotatable bonds is 5. The minimum absolute atomic E-state index is 0.335. The van der Waals surface area contributed by atoms with Gasteiger partial charge in [0.15, 0.2) is 0 Å². The number of furan rings is 1. The lowest BCUT2D eigenvalue weighted by Gasteiger charge is -2.26. The van der Waals surface area contributed by atoms with E-state index in [0.29, 0.717) is 11.8 Å². The van der Waals surface area contributed by atoms with Crippen LogP contribution in [0.25, 0.3) is 71.0 Å². The van der Waals surface area contributed by atoms with Crippen LogP contribution in [0.2, 0.25) is 0 Å². The first kappa shape index (κ1) is 27.9. The highest BCUT2D eigenvalue weighted by Crippen LogP contribution is 2.44. The van der Waals surface area contributed by atoms with E-state index in [0.717, 1.165) is 24.0 Å². The number of hydrogen-bond donors (Lipinski definition) is 0. The van der Waals surface area contributed by atoms with Crippen molar-refractivity contribution in [2.75, 3.05) is 0 Å². The first-order valence-corrected chi connectivity index (χ1v) is 16.9. The Bertz CT molecular complexity index is 2490. The molecule has 0 amide bonds. The molecule has 47 heavy (non-hydrogen) atoms. The maximum atomic E-state index is 6.68.